The first-order chi connectivity index (χ1) is 7.31. The van der Waals surface area contributed by atoms with E-state index in [1.165, 1.54) is 23.9 Å². The van der Waals surface area contributed by atoms with Crippen LogP contribution in [0.25, 0.3) is 0 Å². The number of thioether (sulfide) groups is 1. The van der Waals surface area contributed by atoms with Gasteiger partial charge in [0.25, 0.3) is 0 Å². The highest BCUT2D eigenvalue weighted by Gasteiger charge is 2.23. The summed E-state index contributed by atoms with van der Waals surface area (Å²) in [5.41, 5.74) is 0.991. The highest BCUT2D eigenvalue weighted by molar-refractivity contribution is 8.16. The van der Waals surface area contributed by atoms with Gasteiger partial charge in [-0.25, -0.2) is 4.79 Å². The van der Waals surface area contributed by atoms with Crippen LogP contribution in [0.4, 0.5) is 4.79 Å². The molecule has 0 saturated heterocycles. The van der Waals surface area contributed by atoms with Crippen LogP contribution >= 0.6 is 11.8 Å². The second kappa shape index (κ2) is 4.35. The van der Waals surface area contributed by atoms with Crippen LogP contribution in [-0.2, 0) is 4.74 Å². The molecule has 0 N–H and O–H groups in total. The monoisotopic (exact) mass is 221 g/mol. The van der Waals surface area contributed by atoms with Crippen LogP contribution < -0.4 is 0 Å². The molecule has 15 heavy (non-hydrogen) atoms. The molecule has 1 aromatic rings. The van der Waals surface area contributed by atoms with Crippen molar-refractivity contribution in [3.63, 3.8) is 0 Å². The van der Waals surface area contributed by atoms with Crippen molar-refractivity contribution in [1.82, 2.24) is 5.01 Å². The van der Waals surface area contributed by atoms with Gasteiger partial charge in [-0.3, -0.25) is 0 Å². The summed E-state index contributed by atoms with van der Waals surface area (Å²) in [5, 5.41) is 6.09. The van der Waals surface area contributed by atoms with Gasteiger partial charge < -0.3 is 4.74 Å². The Kier molecular flexibility index (Phi) is 2.91. The smallest absolute Gasteiger partial charge is 0.431 e. The maximum absolute atomic E-state index is 11.1. The average molecular weight is 221 g/mol. The molecule has 0 atom stereocenters. The molecule has 77 valence electrons. The number of carbonyl (C=O) groups is 1. The number of amides is 1. The van der Waals surface area contributed by atoms with Gasteiger partial charge in [-0.05, 0) is 0 Å². The van der Waals surface area contributed by atoms with Crippen molar-refractivity contribution < 1.29 is 9.53 Å². The average Bonchev–Trinajstić information content (AvgIpc) is 2.78. The molecule has 0 bridgehead atoms. The minimum Gasteiger partial charge on any atom is -0.451 e. The highest BCUT2D eigenvalue weighted by Crippen LogP contribution is 2.26. The van der Waals surface area contributed by atoms with E-state index in [9.17, 15) is 4.79 Å². The van der Waals surface area contributed by atoms with E-state index >= 15 is 0 Å². The van der Waals surface area contributed by atoms with E-state index in [0.717, 1.165) is 10.6 Å². The van der Waals surface area contributed by atoms with Gasteiger partial charge in [-0.2, -0.15) is 10.1 Å². The number of hydrogen-bond donors (Lipinski definition) is 0. The normalized spacial score (nSPS) is 15.0. The van der Waals surface area contributed by atoms with Crippen LogP contribution in [0.1, 0.15) is 5.56 Å². The van der Waals surface area contributed by atoms with Crippen molar-refractivity contribution in [3.05, 3.63) is 41.8 Å². The number of hydrazone groups is 1. The van der Waals surface area contributed by atoms with Crippen LogP contribution in [0.5, 0.6) is 0 Å². The van der Waals surface area contributed by atoms with Crippen LogP contribution in [-0.4, -0.2) is 23.3 Å². The largest absolute Gasteiger partial charge is 0.451 e. The number of rotatable bonds is 1. The van der Waals surface area contributed by atoms with Crippen molar-refractivity contribution in [2.45, 2.75) is 0 Å². The number of nitrogens with zero attached hydrogens (tertiary/aromatic N) is 2. The summed E-state index contributed by atoms with van der Waals surface area (Å²) in [5.74, 6) is 1.62. The molecular weight excluding hydrogens is 212 g/mol. The standard InChI is InChI=1S/C10H9N2O2S/c1-14-10(13)12-7-15-9(11-12)8-5-3-2-4-6-8/h2-7H,1H3. The number of methoxy groups -OCH3 is 1. The van der Waals surface area contributed by atoms with E-state index in [1.807, 2.05) is 30.3 Å². The molecule has 0 spiro atoms. The molecule has 1 aliphatic rings. The number of hydrogen-bond acceptors (Lipinski definition) is 4. The second-order valence-electron chi connectivity index (χ2n) is 2.81. The SMILES string of the molecule is COC(=O)N1[CH]SC(c2ccccc2)=N1. The number of carbonyl (C=O) groups excluding carboxylic acids is 1. The van der Waals surface area contributed by atoms with E-state index in [4.69, 9.17) is 0 Å². The summed E-state index contributed by atoms with van der Waals surface area (Å²) in [4.78, 5) is 11.1. The maximum atomic E-state index is 11.1. The van der Waals surface area contributed by atoms with Crippen molar-refractivity contribution in [3.8, 4) is 0 Å². The molecule has 1 aliphatic heterocycles. The van der Waals surface area contributed by atoms with Crippen LogP contribution in [0.2, 0.25) is 0 Å². The summed E-state index contributed by atoms with van der Waals surface area (Å²) in [6.45, 7) is 0. The zero-order valence-electron chi connectivity index (χ0n) is 8.08. The quantitative estimate of drug-likeness (QED) is 0.730. The summed E-state index contributed by atoms with van der Waals surface area (Å²) >= 11 is 1.40. The predicted molar refractivity (Wildman–Crippen MR) is 59.1 cm³/mol. The molecule has 1 radical (unpaired) electrons. The molecular formula is C10H9N2O2S. The van der Waals surface area contributed by atoms with Gasteiger partial charge in [0.2, 0.25) is 0 Å². The van der Waals surface area contributed by atoms with Crippen molar-refractivity contribution in [1.29, 1.82) is 0 Å². The molecule has 0 saturated carbocycles. The third-order valence-corrected chi connectivity index (χ3v) is 2.69. The lowest BCUT2D eigenvalue weighted by Crippen LogP contribution is -2.19. The summed E-state index contributed by atoms with van der Waals surface area (Å²) in [7, 11) is 1.33. The third kappa shape index (κ3) is 2.12. The topological polar surface area (TPSA) is 41.9 Å². The fourth-order valence-electron chi connectivity index (χ4n) is 1.13. The zero-order valence-corrected chi connectivity index (χ0v) is 8.90. The number of ether oxygens (including phenoxy) is 1. The number of benzene rings is 1. The van der Waals surface area contributed by atoms with Crippen LogP contribution in [0, 0.1) is 5.88 Å². The Balaban J connectivity index is 2.17. The fourth-order valence-corrected chi connectivity index (χ4v) is 1.87. The fraction of sp³-hybridized carbons (Fsp3) is 0.100. The molecule has 4 nitrogen and oxygen atoms in total. The molecule has 0 aromatic heterocycles. The molecule has 0 aliphatic carbocycles. The first kappa shape index (κ1) is 10.0. The van der Waals surface area contributed by atoms with Crippen LogP contribution in [0.3, 0.4) is 0 Å². The minimum atomic E-state index is -0.478. The minimum absolute atomic E-state index is 0.478. The first-order valence-corrected chi connectivity index (χ1v) is 5.20. The van der Waals surface area contributed by atoms with E-state index in [2.05, 4.69) is 9.84 Å². The second-order valence-corrected chi connectivity index (χ2v) is 3.64. The first-order valence-electron chi connectivity index (χ1n) is 4.32. The molecule has 5 heteroatoms. The molecule has 1 aromatic carbocycles. The molecule has 1 amide bonds. The third-order valence-electron chi connectivity index (χ3n) is 1.85. The van der Waals surface area contributed by atoms with Gasteiger partial charge in [0, 0.05) is 5.56 Å². The highest BCUT2D eigenvalue weighted by atomic mass is 32.2. The Morgan fingerprint density at radius 1 is 1.40 bits per heavy atom. The Morgan fingerprint density at radius 2 is 2.13 bits per heavy atom. The zero-order chi connectivity index (χ0) is 10.7. The summed E-state index contributed by atoms with van der Waals surface area (Å²) in [6, 6.07) is 9.69. The van der Waals surface area contributed by atoms with Gasteiger partial charge in [-0.1, -0.05) is 42.1 Å². The van der Waals surface area contributed by atoms with Gasteiger partial charge in [0.15, 0.2) is 0 Å². The van der Waals surface area contributed by atoms with Gasteiger partial charge in [-0.15, -0.1) is 0 Å². The van der Waals surface area contributed by atoms with E-state index in [1.54, 1.807) is 5.88 Å². The summed E-state index contributed by atoms with van der Waals surface area (Å²) in [6.07, 6.45) is -0.478. The molecule has 1 heterocycles. The van der Waals surface area contributed by atoms with Gasteiger partial charge in [0.05, 0.1) is 7.11 Å². The maximum Gasteiger partial charge on any atom is 0.431 e. The van der Waals surface area contributed by atoms with Crippen LogP contribution in [0.15, 0.2) is 35.4 Å². The lowest BCUT2D eigenvalue weighted by molar-refractivity contribution is 0.139. The Labute approximate surface area is 91.9 Å². The van der Waals surface area contributed by atoms with Crippen molar-refractivity contribution in [2.24, 2.45) is 5.10 Å². The lowest BCUT2D eigenvalue weighted by atomic mass is 10.2. The van der Waals surface area contributed by atoms with E-state index < -0.39 is 6.09 Å². The van der Waals surface area contributed by atoms with E-state index in [0.29, 0.717) is 0 Å². The van der Waals surface area contributed by atoms with E-state index in [-0.39, 0.29) is 0 Å². The van der Waals surface area contributed by atoms with Gasteiger partial charge >= 0.3 is 6.09 Å². The Morgan fingerprint density at radius 3 is 2.80 bits per heavy atom. The van der Waals surface area contributed by atoms with Crippen molar-refractivity contribution in [2.75, 3.05) is 7.11 Å². The van der Waals surface area contributed by atoms with Crippen molar-refractivity contribution >= 4 is 22.9 Å². The van der Waals surface area contributed by atoms with Gasteiger partial charge in [0.1, 0.15) is 10.9 Å². The summed E-state index contributed by atoms with van der Waals surface area (Å²) < 4.78 is 4.55. The molecule has 0 fully saturated rings. The Bertz CT molecular complexity index is 392. The predicted octanol–water partition coefficient (Wildman–Crippen LogP) is 2.28. The Hall–Kier alpha value is -1.49. The molecule has 0 unspecified atom stereocenters. The molecule has 2 rings (SSSR count). The lowest BCUT2D eigenvalue weighted by Gasteiger charge is -2.06.